The molecule has 0 aliphatic carbocycles. The molecule has 4 aromatic carbocycles. The van der Waals surface area contributed by atoms with Crippen LogP contribution in [0.3, 0.4) is 0 Å². The minimum atomic E-state index is -4.13. The van der Waals surface area contributed by atoms with Gasteiger partial charge in [0.15, 0.2) is 11.3 Å². The number of para-hydroxylation sites is 1. The van der Waals surface area contributed by atoms with Crippen LogP contribution in [0.5, 0.6) is 5.75 Å². The maximum absolute atomic E-state index is 13.5. The van der Waals surface area contributed by atoms with Gasteiger partial charge in [0.05, 0.1) is 32.0 Å². The number of nitrogens with zero attached hydrogens (tertiary/aromatic N) is 2. The average Bonchev–Trinajstić information content (AvgIpc) is 3.54. The van der Waals surface area contributed by atoms with Gasteiger partial charge in [-0.25, -0.2) is 18.6 Å². The standard InChI is InChI=1S/C25H36NO6P.C19H21N2O5P/c1-4-18-26(33(29,31-5-2)32-6-3)19-22(27)20-30-25-15-11-10-14-23(25)24(28)17-16-21-12-8-7-9-13-21;1-3-25-27(24,26-4-2)21-17(22)19(20-18(21)23,15-11-7-5-8-12-15)16-13-9-6-10-14-16/h7-15,22,27H,4-6,16-20H2,1-3H3;5-14H,3-4H2,1-2H3,(H,20,23). The Labute approximate surface area is 353 Å². The van der Waals surface area contributed by atoms with E-state index in [-0.39, 0.29) is 45.4 Å². The van der Waals surface area contributed by atoms with E-state index >= 15 is 0 Å². The number of aliphatic hydroxyl groups is 1. The molecule has 1 unspecified atom stereocenters. The predicted molar refractivity (Wildman–Crippen MR) is 230 cm³/mol. The molecule has 324 valence electrons. The number of hydrogen-bond acceptors (Lipinski definition) is 11. The van der Waals surface area contributed by atoms with Crippen LogP contribution in [0.15, 0.2) is 115 Å². The fourth-order valence-electron chi connectivity index (χ4n) is 6.59. The van der Waals surface area contributed by atoms with Crippen LogP contribution < -0.4 is 10.1 Å². The summed E-state index contributed by atoms with van der Waals surface area (Å²) in [7, 11) is -7.62. The number of imide groups is 1. The number of urea groups is 1. The third kappa shape index (κ3) is 12.1. The zero-order chi connectivity index (χ0) is 43.6. The summed E-state index contributed by atoms with van der Waals surface area (Å²) in [6.07, 6.45) is 0.782. The van der Waals surface area contributed by atoms with Crippen LogP contribution in [0, 0.1) is 0 Å². The number of carbonyl (C=O) groups is 3. The van der Waals surface area contributed by atoms with Crippen molar-refractivity contribution in [2.75, 3.05) is 46.1 Å². The van der Waals surface area contributed by atoms with Crippen LogP contribution in [-0.4, -0.2) is 84.4 Å². The number of hydrogen-bond donors (Lipinski definition) is 2. The molecule has 1 fully saturated rings. The minimum Gasteiger partial charge on any atom is -0.490 e. The number of benzene rings is 4. The lowest BCUT2D eigenvalue weighted by molar-refractivity contribution is -0.127. The highest BCUT2D eigenvalue weighted by Crippen LogP contribution is 2.56. The predicted octanol–water partition coefficient (Wildman–Crippen LogP) is 8.80. The fourth-order valence-corrected chi connectivity index (χ4v) is 10.1. The molecule has 1 atom stereocenters. The average molecular weight is 866 g/mol. The third-order valence-corrected chi connectivity index (χ3v) is 13.4. The van der Waals surface area contributed by atoms with E-state index in [1.165, 1.54) is 0 Å². The number of rotatable bonds is 23. The molecule has 0 bridgehead atoms. The molecule has 0 radical (unpaired) electrons. The van der Waals surface area contributed by atoms with Gasteiger partial charge in [0.25, 0.3) is 5.91 Å². The maximum Gasteiger partial charge on any atom is 0.445 e. The molecular formula is C44H57N3O11P2. The molecule has 3 amide bonds. The largest absolute Gasteiger partial charge is 0.490 e. The molecule has 1 heterocycles. The lowest BCUT2D eigenvalue weighted by Crippen LogP contribution is -2.45. The van der Waals surface area contributed by atoms with E-state index < -0.39 is 39.1 Å². The molecule has 1 saturated heterocycles. The monoisotopic (exact) mass is 865 g/mol. The molecule has 2 N–H and O–H groups in total. The maximum atomic E-state index is 13.5. The molecule has 1 aliphatic heterocycles. The van der Waals surface area contributed by atoms with Crippen LogP contribution in [0.25, 0.3) is 0 Å². The Balaban J connectivity index is 0.000000269. The molecule has 0 spiro atoms. The van der Waals surface area contributed by atoms with Crippen molar-refractivity contribution in [3.63, 3.8) is 0 Å². The Kier molecular flexibility index (Phi) is 18.9. The molecule has 0 saturated carbocycles. The van der Waals surface area contributed by atoms with E-state index in [1.807, 2.05) is 49.4 Å². The molecule has 0 aromatic heterocycles. The van der Waals surface area contributed by atoms with Crippen molar-refractivity contribution in [2.45, 2.75) is 65.5 Å². The summed E-state index contributed by atoms with van der Waals surface area (Å²) in [5.74, 6) is -0.293. The minimum absolute atomic E-state index is 0.0197. The van der Waals surface area contributed by atoms with Gasteiger partial charge < -0.3 is 15.2 Å². The van der Waals surface area contributed by atoms with Gasteiger partial charge >= 0.3 is 21.5 Å². The lowest BCUT2D eigenvalue weighted by Gasteiger charge is -2.30. The van der Waals surface area contributed by atoms with E-state index in [4.69, 9.17) is 22.8 Å². The number of aliphatic hydroxyl groups excluding tert-OH is 1. The van der Waals surface area contributed by atoms with Gasteiger partial charge in [-0.05, 0) is 69.4 Å². The Hall–Kier alpha value is -4.49. The normalized spacial score (nSPS) is 14.3. The summed E-state index contributed by atoms with van der Waals surface area (Å²) in [5, 5.41) is 13.3. The summed E-state index contributed by atoms with van der Waals surface area (Å²) in [6, 6.07) is 33.7. The van der Waals surface area contributed by atoms with Crippen LogP contribution >= 0.6 is 15.5 Å². The van der Waals surface area contributed by atoms with Crippen molar-refractivity contribution in [1.82, 2.24) is 14.7 Å². The molecular weight excluding hydrogens is 808 g/mol. The second kappa shape index (κ2) is 23.5. The summed E-state index contributed by atoms with van der Waals surface area (Å²) in [6.45, 7) is 9.68. The number of Topliss-reactive ketones (excluding diaryl/α,β-unsaturated/α-hetero) is 1. The number of carbonyl (C=O) groups excluding carboxylic acids is 3. The second-order valence-electron chi connectivity index (χ2n) is 13.4. The van der Waals surface area contributed by atoms with E-state index in [1.54, 1.807) is 105 Å². The third-order valence-electron chi connectivity index (χ3n) is 9.18. The SMILES string of the molecule is CCCN(CC(O)COc1ccccc1C(=O)CCc1ccccc1)P(=O)(OCC)OCC.CCOP(=O)(OCC)N1C(=O)NC(c2ccccc2)(c2ccccc2)C1=O. The Morgan fingerprint density at radius 3 is 1.75 bits per heavy atom. The first-order valence-electron chi connectivity index (χ1n) is 20.2. The quantitative estimate of drug-likeness (QED) is 0.0413. The first-order valence-corrected chi connectivity index (χ1v) is 23.2. The van der Waals surface area contributed by atoms with Crippen molar-refractivity contribution < 1.29 is 51.5 Å². The van der Waals surface area contributed by atoms with Gasteiger partial charge in [-0.15, -0.1) is 0 Å². The van der Waals surface area contributed by atoms with Crippen LogP contribution in [0.1, 0.15) is 74.5 Å². The van der Waals surface area contributed by atoms with E-state index in [0.717, 1.165) is 12.0 Å². The zero-order valence-corrected chi connectivity index (χ0v) is 36.7. The summed E-state index contributed by atoms with van der Waals surface area (Å²) in [5.41, 5.74) is 1.18. The molecule has 5 rings (SSSR count). The van der Waals surface area contributed by atoms with Crippen molar-refractivity contribution in [3.8, 4) is 5.75 Å². The number of ether oxygens (including phenoxy) is 1. The molecule has 1 aliphatic rings. The highest BCUT2D eigenvalue weighted by molar-refractivity contribution is 7.53. The van der Waals surface area contributed by atoms with Gasteiger partial charge in [0.1, 0.15) is 18.5 Å². The van der Waals surface area contributed by atoms with Crippen molar-refractivity contribution in [2.24, 2.45) is 0 Å². The highest BCUT2D eigenvalue weighted by atomic mass is 31.2. The van der Waals surface area contributed by atoms with Crippen molar-refractivity contribution >= 4 is 33.2 Å². The van der Waals surface area contributed by atoms with Crippen LogP contribution in [0.4, 0.5) is 4.79 Å². The van der Waals surface area contributed by atoms with Crippen molar-refractivity contribution in [1.29, 1.82) is 0 Å². The van der Waals surface area contributed by atoms with E-state index in [9.17, 15) is 28.6 Å². The molecule has 14 nitrogen and oxygen atoms in total. The second-order valence-corrected chi connectivity index (χ2v) is 17.3. The lowest BCUT2D eigenvalue weighted by atomic mass is 9.83. The van der Waals surface area contributed by atoms with Gasteiger partial charge in [-0.2, -0.15) is 4.67 Å². The van der Waals surface area contributed by atoms with Gasteiger partial charge in [-0.1, -0.05) is 110 Å². The number of nitrogens with one attached hydrogen (secondary N) is 1. The Bertz CT molecular complexity index is 2000. The Morgan fingerprint density at radius 2 is 1.23 bits per heavy atom. The van der Waals surface area contributed by atoms with E-state index in [2.05, 4.69) is 5.32 Å². The first-order chi connectivity index (χ1) is 28.9. The molecule has 60 heavy (non-hydrogen) atoms. The van der Waals surface area contributed by atoms with Crippen LogP contribution in [-0.2, 0) is 44.0 Å². The van der Waals surface area contributed by atoms with Gasteiger partial charge in [0.2, 0.25) is 0 Å². The summed E-state index contributed by atoms with van der Waals surface area (Å²) < 4.78 is 55.6. The summed E-state index contributed by atoms with van der Waals surface area (Å²) in [4.78, 5) is 39.2. The molecule has 4 aromatic rings. The van der Waals surface area contributed by atoms with Crippen molar-refractivity contribution in [3.05, 3.63) is 138 Å². The fraction of sp³-hybridized carbons (Fsp3) is 0.386. The van der Waals surface area contributed by atoms with E-state index in [0.29, 0.717) is 46.5 Å². The smallest absolute Gasteiger partial charge is 0.445 e. The summed E-state index contributed by atoms with van der Waals surface area (Å²) >= 11 is 0. The zero-order valence-electron chi connectivity index (χ0n) is 34.9. The Morgan fingerprint density at radius 1 is 0.733 bits per heavy atom. The van der Waals surface area contributed by atoms with Crippen LogP contribution in [0.2, 0.25) is 0 Å². The number of ketones is 1. The van der Waals surface area contributed by atoms with Gasteiger partial charge in [0, 0.05) is 19.5 Å². The molecule has 16 heteroatoms. The number of aryl methyl sites for hydroxylation is 1. The first kappa shape index (κ1) is 48.2. The van der Waals surface area contributed by atoms with Gasteiger partial charge in [-0.3, -0.25) is 27.7 Å². The highest BCUT2D eigenvalue weighted by Gasteiger charge is 2.60. The topological polar surface area (TPSA) is 170 Å². The number of amides is 3.